The van der Waals surface area contributed by atoms with Crippen molar-refractivity contribution in [1.82, 2.24) is 14.5 Å². The smallest absolute Gasteiger partial charge is 0.255 e. The summed E-state index contributed by atoms with van der Waals surface area (Å²) in [5, 5.41) is 2.25. The number of thiophene rings is 1. The molecule has 1 N–H and O–H groups in total. The van der Waals surface area contributed by atoms with Crippen molar-refractivity contribution in [2.24, 2.45) is 0 Å². The summed E-state index contributed by atoms with van der Waals surface area (Å²) in [7, 11) is -3.64. The fourth-order valence-electron chi connectivity index (χ4n) is 4.89. The maximum Gasteiger partial charge on any atom is 0.255 e. The second-order valence-corrected chi connectivity index (χ2v) is 12.5. The first-order valence-electron chi connectivity index (χ1n) is 10.9. The lowest BCUT2D eigenvalue weighted by atomic mass is 9.88. The molecule has 12 heteroatoms. The predicted molar refractivity (Wildman–Crippen MR) is 123 cm³/mol. The van der Waals surface area contributed by atoms with E-state index in [0.717, 1.165) is 11.3 Å². The molecule has 8 nitrogen and oxygen atoms in total. The minimum absolute atomic E-state index is 0.148. The lowest BCUT2D eigenvalue weighted by Crippen LogP contribution is -2.52. The van der Waals surface area contributed by atoms with Crippen LogP contribution in [0.25, 0.3) is 0 Å². The summed E-state index contributed by atoms with van der Waals surface area (Å²) in [6.07, 6.45) is 1.27. The van der Waals surface area contributed by atoms with Crippen molar-refractivity contribution in [2.45, 2.75) is 48.4 Å². The molecule has 5 rings (SSSR count). The highest BCUT2D eigenvalue weighted by atomic mass is 35.5. The average molecular weight is 526 g/mol. The Bertz CT molecular complexity index is 1300. The number of sulfonamides is 1. The molecular weight excluding hydrogens is 505 g/mol. The van der Waals surface area contributed by atoms with Crippen molar-refractivity contribution < 1.29 is 27.2 Å². The summed E-state index contributed by atoms with van der Waals surface area (Å²) < 4.78 is 42.7. The van der Waals surface area contributed by atoms with Crippen LogP contribution in [0.3, 0.4) is 0 Å². The van der Waals surface area contributed by atoms with Crippen molar-refractivity contribution in [2.75, 3.05) is 13.1 Å². The number of benzene rings is 1. The van der Waals surface area contributed by atoms with Gasteiger partial charge in [-0.3, -0.25) is 19.7 Å². The fourth-order valence-corrected chi connectivity index (χ4v) is 8.00. The highest BCUT2D eigenvalue weighted by molar-refractivity contribution is 7.91. The predicted octanol–water partition coefficient (Wildman–Crippen LogP) is 2.87. The van der Waals surface area contributed by atoms with Gasteiger partial charge in [-0.2, -0.15) is 4.31 Å². The molecule has 2 aromatic rings. The summed E-state index contributed by atoms with van der Waals surface area (Å²) >= 11 is 6.89. The zero-order chi connectivity index (χ0) is 24.2. The normalized spacial score (nSPS) is 22.2. The van der Waals surface area contributed by atoms with Crippen LogP contribution in [0, 0.1) is 5.82 Å². The molecular formula is C22H21ClFN3O5S2. The second kappa shape index (κ2) is 8.71. The molecule has 0 saturated carbocycles. The molecule has 0 spiro atoms. The van der Waals surface area contributed by atoms with Gasteiger partial charge in [0.15, 0.2) is 0 Å². The number of hydrogen-bond donors (Lipinski definition) is 1. The molecule has 2 saturated heterocycles. The van der Waals surface area contributed by atoms with Gasteiger partial charge in [0.05, 0.1) is 4.34 Å². The van der Waals surface area contributed by atoms with Gasteiger partial charge in [-0.1, -0.05) is 17.7 Å². The molecule has 0 radical (unpaired) electrons. The largest absolute Gasteiger partial charge is 0.322 e. The summed E-state index contributed by atoms with van der Waals surface area (Å²) in [6.45, 7) is 0.667. The third-order valence-corrected chi connectivity index (χ3v) is 10.3. The van der Waals surface area contributed by atoms with Gasteiger partial charge in [-0.15, -0.1) is 11.3 Å². The molecule has 1 atom stereocenters. The van der Waals surface area contributed by atoms with Crippen molar-refractivity contribution in [3.8, 4) is 0 Å². The first-order valence-corrected chi connectivity index (χ1v) is 13.5. The van der Waals surface area contributed by atoms with E-state index in [2.05, 4.69) is 5.32 Å². The Labute approximate surface area is 204 Å². The third kappa shape index (κ3) is 4.04. The van der Waals surface area contributed by atoms with E-state index in [1.54, 1.807) is 12.1 Å². The van der Waals surface area contributed by atoms with Crippen LogP contribution in [0.15, 0.2) is 28.5 Å². The van der Waals surface area contributed by atoms with Gasteiger partial charge >= 0.3 is 0 Å². The molecule has 1 aromatic carbocycles. The number of halogens is 2. The van der Waals surface area contributed by atoms with E-state index in [9.17, 15) is 22.8 Å². The standard InChI is InChI=1S/C22H21ClFN3O5S2/c23-18-2-4-20(33-18)34(31,32)26-7-5-12(6-8-26)14-9-13-11-27(22(30)15(13)10-16(14)24)17-1-3-19(28)25-21(17)29/h2,4,9-10,12,17H,1,3,5-8,11H2,(H,25,28,29). The number of fused-ring (bicyclic) bond motifs is 1. The number of imide groups is 1. The van der Waals surface area contributed by atoms with Crippen molar-refractivity contribution in [1.29, 1.82) is 0 Å². The Morgan fingerprint density at radius 3 is 2.47 bits per heavy atom. The number of hydrogen-bond acceptors (Lipinski definition) is 6. The number of piperidine rings is 2. The Kier molecular flexibility index (Phi) is 5.99. The third-order valence-electron chi connectivity index (χ3n) is 6.68. The fraction of sp³-hybridized carbons (Fsp3) is 0.409. The molecule has 0 bridgehead atoms. The van der Waals surface area contributed by atoms with Crippen LogP contribution >= 0.6 is 22.9 Å². The molecule has 4 heterocycles. The minimum Gasteiger partial charge on any atom is -0.322 e. The molecule has 3 aliphatic rings. The van der Waals surface area contributed by atoms with E-state index in [-0.39, 0.29) is 54.1 Å². The molecule has 34 heavy (non-hydrogen) atoms. The summed E-state index contributed by atoms with van der Waals surface area (Å²) in [5.74, 6) is -2.01. The quantitative estimate of drug-likeness (QED) is 0.618. The molecule has 0 aliphatic carbocycles. The maximum absolute atomic E-state index is 15.1. The van der Waals surface area contributed by atoms with Gasteiger partial charge < -0.3 is 4.90 Å². The van der Waals surface area contributed by atoms with E-state index in [1.165, 1.54) is 21.3 Å². The lowest BCUT2D eigenvalue weighted by Gasteiger charge is -2.31. The maximum atomic E-state index is 15.1. The number of nitrogens with one attached hydrogen (secondary N) is 1. The van der Waals surface area contributed by atoms with Crippen molar-refractivity contribution >= 4 is 50.7 Å². The summed E-state index contributed by atoms with van der Waals surface area (Å²) in [5.41, 5.74) is 1.31. The molecule has 2 fully saturated rings. The molecule has 1 aromatic heterocycles. The topological polar surface area (TPSA) is 104 Å². The highest BCUT2D eigenvalue weighted by Gasteiger charge is 2.40. The summed E-state index contributed by atoms with van der Waals surface area (Å²) in [4.78, 5) is 37.9. The van der Waals surface area contributed by atoms with E-state index < -0.39 is 33.7 Å². The van der Waals surface area contributed by atoms with E-state index >= 15 is 4.39 Å². The highest BCUT2D eigenvalue weighted by Crippen LogP contribution is 2.37. The SMILES string of the molecule is O=C1CCC(N2Cc3cc(C4CCN(S(=O)(=O)c5ccc(Cl)s5)CC4)c(F)cc3C2=O)C(=O)N1. The molecule has 3 aliphatic heterocycles. The molecule has 3 amide bonds. The van der Waals surface area contributed by atoms with Crippen LogP contribution < -0.4 is 5.32 Å². The van der Waals surface area contributed by atoms with Gasteiger partial charge in [0.2, 0.25) is 11.8 Å². The van der Waals surface area contributed by atoms with Gasteiger partial charge in [0.1, 0.15) is 16.1 Å². The number of nitrogens with zero attached hydrogens (tertiary/aromatic N) is 2. The van der Waals surface area contributed by atoms with Crippen LogP contribution in [0.5, 0.6) is 0 Å². The van der Waals surface area contributed by atoms with Gasteiger partial charge in [-0.05, 0) is 54.5 Å². The van der Waals surface area contributed by atoms with Gasteiger partial charge in [0.25, 0.3) is 15.9 Å². The Hall–Kier alpha value is -2.34. The average Bonchev–Trinajstić information content (AvgIpc) is 3.37. The van der Waals surface area contributed by atoms with Crippen molar-refractivity contribution in [3.05, 3.63) is 51.1 Å². The zero-order valence-electron chi connectivity index (χ0n) is 17.9. The Morgan fingerprint density at radius 2 is 1.82 bits per heavy atom. The van der Waals surface area contributed by atoms with E-state index in [1.807, 2.05) is 0 Å². The number of rotatable bonds is 4. The number of carbonyl (C=O) groups excluding carboxylic acids is 3. The number of amides is 3. The molecule has 1 unspecified atom stereocenters. The molecule has 180 valence electrons. The van der Waals surface area contributed by atoms with Gasteiger partial charge in [0, 0.05) is 31.6 Å². The first-order chi connectivity index (χ1) is 16.1. The van der Waals surface area contributed by atoms with E-state index in [4.69, 9.17) is 11.6 Å². The van der Waals surface area contributed by atoms with E-state index in [0.29, 0.717) is 28.3 Å². The van der Waals surface area contributed by atoms with Gasteiger partial charge in [-0.25, -0.2) is 12.8 Å². The van der Waals surface area contributed by atoms with Crippen molar-refractivity contribution in [3.63, 3.8) is 0 Å². The summed E-state index contributed by atoms with van der Waals surface area (Å²) in [6, 6.07) is 5.16. The van der Waals surface area contributed by atoms with Crippen LogP contribution in [-0.4, -0.2) is 54.5 Å². The number of carbonyl (C=O) groups is 3. The second-order valence-electron chi connectivity index (χ2n) is 8.67. The Morgan fingerprint density at radius 1 is 1.09 bits per heavy atom. The van der Waals surface area contributed by atoms with Crippen LogP contribution in [0.4, 0.5) is 4.39 Å². The lowest BCUT2D eigenvalue weighted by molar-refractivity contribution is -0.136. The van der Waals surface area contributed by atoms with Crippen LogP contribution in [-0.2, 0) is 26.2 Å². The zero-order valence-corrected chi connectivity index (χ0v) is 20.3. The van der Waals surface area contributed by atoms with Crippen LogP contribution in [0.1, 0.15) is 53.1 Å². The monoisotopic (exact) mass is 525 g/mol. The first kappa shape index (κ1) is 23.4. The Balaban J connectivity index is 1.31. The minimum atomic E-state index is -3.64. The van der Waals surface area contributed by atoms with Crippen LogP contribution in [0.2, 0.25) is 4.34 Å².